The van der Waals surface area contributed by atoms with Crippen LogP contribution in [0.4, 0.5) is 0 Å². The van der Waals surface area contributed by atoms with Crippen molar-refractivity contribution in [2.45, 2.75) is 51.5 Å². The highest BCUT2D eigenvalue weighted by molar-refractivity contribution is 7.09. The maximum atomic E-state index is 6.11. The molecule has 2 nitrogen and oxygen atoms in total. The van der Waals surface area contributed by atoms with Gasteiger partial charge in [0.1, 0.15) is 0 Å². The average Bonchev–Trinajstić information content (AvgIpc) is 2.48. The van der Waals surface area contributed by atoms with Gasteiger partial charge in [0.2, 0.25) is 0 Å². The number of nitrogens with zero attached hydrogens (tertiary/aromatic N) is 1. The van der Waals surface area contributed by atoms with Gasteiger partial charge in [-0.2, -0.15) is 0 Å². The van der Waals surface area contributed by atoms with Gasteiger partial charge in [-0.05, 0) is 25.2 Å². The molecule has 0 spiro atoms. The number of nitrogens with two attached hydrogens (primary N) is 1. The van der Waals surface area contributed by atoms with E-state index >= 15 is 0 Å². The number of thiazole rings is 1. The highest BCUT2D eigenvalue weighted by atomic mass is 32.1. The zero-order chi connectivity index (χ0) is 10.8. The third-order valence-corrected chi connectivity index (χ3v) is 4.12. The maximum Gasteiger partial charge on any atom is 0.0959 e. The van der Waals surface area contributed by atoms with Crippen molar-refractivity contribution in [3.8, 4) is 0 Å². The van der Waals surface area contributed by atoms with Crippen molar-refractivity contribution in [3.05, 3.63) is 16.1 Å². The summed E-state index contributed by atoms with van der Waals surface area (Å²) in [7, 11) is 0. The standard InChI is InChI=1S/C12H20N2S/c1-8(2)6-10(13)11-7-15-12(14-11)9-4-3-5-9/h7-10H,3-6,13H2,1-2H3. The van der Waals surface area contributed by atoms with Crippen molar-refractivity contribution in [2.75, 3.05) is 0 Å². The molecule has 0 bridgehead atoms. The minimum absolute atomic E-state index is 0.134. The highest BCUT2D eigenvalue weighted by Gasteiger charge is 2.23. The van der Waals surface area contributed by atoms with Crippen LogP contribution in [0, 0.1) is 5.92 Å². The lowest BCUT2D eigenvalue weighted by molar-refractivity contribution is 0.416. The van der Waals surface area contributed by atoms with Crippen LogP contribution in [0.15, 0.2) is 5.38 Å². The average molecular weight is 224 g/mol. The Morgan fingerprint density at radius 3 is 2.80 bits per heavy atom. The van der Waals surface area contributed by atoms with Crippen molar-refractivity contribution in [2.24, 2.45) is 11.7 Å². The summed E-state index contributed by atoms with van der Waals surface area (Å²) in [4.78, 5) is 4.68. The summed E-state index contributed by atoms with van der Waals surface area (Å²) in [5, 5.41) is 3.47. The second-order valence-electron chi connectivity index (χ2n) is 4.97. The Bertz CT molecular complexity index is 315. The minimum atomic E-state index is 0.134. The number of hydrogen-bond donors (Lipinski definition) is 1. The van der Waals surface area contributed by atoms with Gasteiger partial charge in [-0.15, -0.1) is 11.3 Å². The zero-order valence-corrected chi connectivity index (χ0v) is 10.4. The van der Waals surface area contributed by atoms with Gasteiger partial charge >= 0.3 is 0 Å². The Kier molecular flexibility index (Phi) is 3.42. The minimum Gasteiger partial charge on any atom is -0.323 e. The van der Waals surface area contributed by atoms with Crippen LogP contribution in [0.25, 0.3) is 0 Å². The van der Waals surface area contributed by atoms with Crippen LogP contribution in [0.5, 0.6) is 0 Å². The van der Waals surface area contributed by atoms with Gasteiger partial charge in [0.25, 0.3) is 0 Å². The van der Waals surface area contributed by atoms with Crippen LogP contribution >= 0.6 is 11.3 Å². The highest BCUT2D eigenvalue weighted by Crippen LogP contribution is 2.38. The zero-order valence-electron chi connectivity index (χ0n) is 9.57. The number of hydrogen-bond acceptors (Lipinski definition) is 3. The molecular formula is C12H20N2S. The molecule has 1 unspecified atom stereocenters. The molecule has 1 saturated carbocycles. The molecular weight excluding hydrogens is 204 g/mol. The molecule has 15 heavy (non-hydrogen) atoms. The first-order chi connectivity index (χ1) is 7.16. The van der Waals surface area contributed by atoms with Gasteiger partial charge < -0.3 is 5.73 Å². The van der Waals surface area contributed by atoms with Crippen molar-refractivity contribution >= 4 is 11.3 Å². The van der Waals surface area contributed by atoms with E-state index in [9.17, 15) is 0 Å². The van der Waals surface area contributed by atoms with Gasteiger partial charge in [0, 0.05) is 17.3 Å². The fraction of sp³-hybridized carbons (Fsp3) is 0.750. The van der Waals surface area contributed by atoms with E-state index < -0.39 is 0 Å². The first kappa shape index (κ1) is 11.1. The Hall–Kier alpha value is -0.410. The van der Waals surface area contributed by atoms with E-state index in [0.29, 0.717) is 5.92 Å². The van der Waals surface area contributed by atoms with Gasteiger partial charge in [0.05, 0.1) is 10.7 Å². The summed E-state index contributed by atoms with van der Waals surface area (Å²) >= 11 is 1.80. The molecule has 0 aromatic carbocycles. The first-order valence-electron chi connectivity index (χ1n) is 5.87. The molecule has 1 aromatic rings. The smallest absolute Gasteiger partial charge is 0.0959 e. The Morgan fingerprint density at radius 2 is 2.27 bits per heavy atom. The predicted octanol–water partition coefficient (Wildman–Crippen LogP) is 3.46. The van der Waals surface area contributed by atoms with Crippen LogP contribution in [-0.4, -0.2) is 4.98 Å². The molecule has 1 aromatic heterocycles. The van der Waals surface area contributed by atoms with Gasteiger partial charge in [-0.3, -0.25) is 0 Å². The Morgan fingerprint density at radius 1 is 1.53 bits per heavy atom. The third kappa shape index (κ3) is 2.58. The first-order valence-corrected chi connectivity index (χ1v) is 6.75. The summed E-state index contributed by atoms with van der Waals surface area (Å²) < 4.78 is 0. The van der Waals surface area contributed by atoms with Crippen molar-refractivity contribution in [1.29, 1.82) is 0 Å². The maximum absolute atomic E-state index is 6.11. The molecule has 0 radical (unpaired) electrons. The largest absolute Gasteiger partial charge is 0.323 e. The molecule has 0 aliphatic heterocycles. The van der Waals surface area contributed by atoms with Gasteiger partial charge in [-0.1, -0.05) is 20.3 Å². The molecule has 1 heterocycles. The summed E-state index contributed by atoms with van der Waals surface area (Å²) in [6.45, 7) is 4.41. The van der Waals surface area contributed by atoms with Crippen LogP contribution in [0.2, 0.25) is 0 Å². The topological polar surface area (TPSA) is 38.9 Å². The lowest BCUT2D eigenvalue weighted by Crippen LogP contribution is -2.14. The summed E-state index contributed by atoms with van der Waals surface area (Å²) in [6, 6.07) is 0.134. The van der Waals surface area contributed by atoms with Crippen LogP contribution in [0.3, 0.4) is 0 Å². The van der Waals surface area contributed by atoms with Crippen LogP contribution in [-0.2, 0) is 0 Å². The van der Waals surface area contributed by atoms with Crippen molar-refractivity contribution in [1.82, 2.24) is 4.98 Å². The van der Waals surface area contributed by atoms with E-state index in [-0.39, 0.29) is 6.04 Å². The predicted molar refractivity (Wildman–Crippen MR) is 65.1 cm³/mol. The molecule has 0 saturated heterocycles. The normalized spacial score (nSPS) is 19.2. The third-order valence-electron chi connectivity index (χ3n) is 3.10. The molecule has 1 aliphatic rings. The summed E-state index contributed by atoms with van der Waals surface area (Å²) in [6.07, 6.45) is 5.06. The molecule has 0 amide bonds. The van der Waals surface area contributed by atoms with E-state index in [4.69, 9.17) is 5.73 Å². The second kappa shape index (κ2) is 4.62. The lowest BCUT2D eigenvalue weighted by atomic mass is 9.86. The Balaban J connectivity index is 1.99. The number of rotatable bonds is 4. The molecule has 3 heteroatoms. The lowest BCUT2D eigenvalue weighted by Gasteiger charge is -2.22. The molecule has 2 N–H and O–H groups in total. The van der Waals surface area contributed by atoms with Gasteiger partial charge in [-0.25, -0.2) is 4.98 Å². The van der Waals surface area contributed by atoms with Crippen molar-refractivity contribution < 1.29 is 0 Å². The quantitative estimate of drug-likeness (QED) is 0.850. The van der Waals surface area contributed by atoms with E-state index in [1.165, 1.54) is 24.3 Å². The monoisotopic (exact) mass is 224 g/mol. The SMILES string of the molecule is CC(C)CC(N)c1csc(C2CCC2)n1. The molecule has 2 rings (SSSR count). The Labute approximate surface area is 95.9 Å². The number of aromatic nitrogens is 1. The van der Waals surface area contributed by atoms with E-state index in [0.717, 1.165) is 18.0 Å². The molecule has 1 aliphatic carbocycles. The fourth-order valence-corrected chi connectivity index (χ4v) is 3.00. The fourth-order valence-electron chi connectivity index (χ4n) is 1.94. The van der Waals surface area contributed by atoms with Crippen molar-refractivity contribution in [3.63, 3.8) is 0 Å². The molecule has 1 fully saturated rings. The molecule has 84 valence electrons. The van der Waals surface area contributed by atoms with Crippen LogP contribution < -0.4 is 5.73 Å². The summed E-state index contributed by atoms with van der Waals surface area (Å²) in [5.74, 6) is 1.39. The van der Waals surface area contributed by atoms with Crippen LogP contribution in [0.1, 0.15) is 62.2 Å². The summed E-state index contributed by atoms with van der Waals surface area (Å²) in [5.41, 5.74) is 7.22. The van der Waals surface area contributed by atoms with E-state index in [2.05, 4.69) is 24.2 Å². The molecule has 1 atom stereocenters. The van der Waals surface area contributed by atoms with E-state index in [1.54, 1.807) is 11.3 Å². The van der Waals surface area contributed by atoms with E-state index in [1.807, 2.05) is 0 Å². The second-order valence-corrected chi connectivity index (χ2v) is 5.86. The van der Waals surface area contributed by atoms with Gasteiger partial charge in [0.15, 0.2) is 0 Å².